The Labute approximate surface area is 86.6 Å². The molecule has 2 N–H and O–H groups in total. The maximum atomic E-state index is 6.17. The average molecular weight is 208 g/mol. The van der Waals surface area contributed by atoms with Crippen LogP contribution in [0.5, 0.6) is 0 Å². The Hall–Kier alpha value is -0.990. The number of rotatable bonds is 1. The second-order valence-electron chi connectivity index (χ2n) is 3.91. The summed E-state index contributed by atoms with van der Waals surface area (Å²) >= 11 is 6.16. The number of halogens is 1. The number of nitrogens with two attached hydrogens (primary N) is 1. The number of benzene rings is 1. The molecule has 1 fully saturated rings. The predicted octanol–water partition coefficient (Wildman–Crippen LogP) is 3.03. The van der Waals surface area contributed by atoms with Gasteiger partial charge in [-0.25, -0.2) is 0 Å². The summed E-state index contributed by atoms with van der Waals surface area (Å²) in [6, 6.07) is 5.67. The summed E-state index contributed by atoms with van der Waals surface area (Å²) in [4.78, 5) is 0. The van der Waals surface area contributed by atoms with Crippen molar-refractivity contribution in [3.63, 3.8) is 0 Å². The fourth-order valence-electron chi connectivity index (χ4n) is 1.91. The van der Waals surface area contributed by atoms with E-state index in [1.165, 1.54) is 0 Å². The highest BCUT2D eigenvalue weighted by Crippen LogP contribution is 2.48. The van der Waals surface area contributed by atoms with Gasteiger partial charge >= 0.3 is 0 Å². The summed E-state index contributed by atoms with van der Waals surface area (Å²) in [5.74, 6) is 0. The molecule has 1 aromatic heterocycles. The van der Waals surface area contributed by atoms with Gasteiger partial charge in [-0.05, 0) is 31.0 Å². The average Bonchev–Trinajstić information content (AvgIpc) is 2.74. The molecule has 1 aliphatic carbocycles. The third-order valence-electron chi connectivity index (χ3n) is 2.87. The Bertz CT molecular complexity index is 499. The minimum Gasteiger partial charge on any atom is -0.464 e. The SMILES string of the molecule is NC1(c2c(Cl)ccc3occc23)CC1. The fourth-order valence-corrected chi connectivity index (χ4v) is 2.26. The minimum absolute atomic E-state index is 0.208. The molecule has 3 rings (SSSR count). The van der Waals surface area contributed by atoms with E-state index in [1.807, 2.05) is 18.2 Å². The molecule has 2 aromatic rings. The van der Waals surface area contributed by atoms with Gasteiger partial charge in [0.25, 0.3) is 0 Å². The van der Waals surface area contributed by atoms with E-state index in [0.717, 1.165) is 34.4 Å². The van der Waals surface area contributed by atoms with Crippen molar-refractivity contribution in [1.29, 1.82) is 0 Å². The first-order valence-corrected chi connectivity index (χ1v) is 5.04. The third kappa shape index (κ3) is 1.01. The van der Waals surface area contributed by atoms with E-state index in [1.54, 1.807) is 6.26 Å². The molecule has 3 heteroatoms. The van der Waals surface area contributed by atoms with Gasteiger partial charge in [-0.2, -0.15) is 0 Å². The van der Waals surface area contributed by atoms with E-state index in [-0.39, 0.29) is 5.54 Å². The zero-order valence-corrected chi connectivity index (χ0v) is 8.34. The second kappa shape index (κ2) is 2.53. The molecule has 14 heavy (non-hydrogen) atoms. The van der Waals surface area contributed by atoms with Gasteiger partial charge in [0, 0.05) is 21.5 Å². The monoisotopic (exact) mass is 207 g/mol. The molecule has 0 radical (unpaired) electrons. The van der Waals surface area contributed by atoms with Crippen molar-refractivity contribution in [1.82, 2.24) is 0 Å². The molecule has 0 unspecified atom stereocenters. The van der Waals surface area contributed by atoms with Gasteiger partial charge in [-0.15, -0.1) is 0 Å². The lowest BCUT2D eigenvalue weighted by atomic mass is 10.0. The van der Waals surface area contributed by atoms with Crippen LogP contribution in [0.25, 0.3) is 11.0 Å². The fraction of sp³-hybridized carbons (Fsp3) is 0.273. The highest BCUT2D eigenvalue weighted by atomic mass is 35.5. The van der Waals surface area contributed by atoms with E-state index in [2.05, 4.69) is 0 Å². The summed E-state index contributed by atoms with van der Waals surface area (Å²) in [7, 11) is 0. The van der Waals surface area contributed by atoms with Crippen LogP contribution in [0.15, 0.2) is 28.9 Å². The van der Waals surface area contributed by atoms with Crippen LogP contribution >= 0.6 is 11.6 Å². The number of furan rings is 1. The molecule has 1 saturated carbocycles. The van der Waals surface area contributed by atoms with Gasteiger partial charge in [0.2, 0.25) is 0 Å². The normalized spacial score (nSPS) is 18.7. The summed E-state index contributed by atoms with van der Waals surface area (Å²) in [6.45, 7) is 0. The van der Waals surface area contributed by atoms with E-state index in [0.29, 0.717) is 0 Å². The van der Waals surface area contributed by atoms with E-state index in [4.69, 9.17) is 21.8 Å². The zero-order valence-electron chi connectivity index (χ0n) is 7.59. The van der Waals surface area contributed by atoms with Gasteiger partial charge in [0.05, 0.1) is 6.26 Å². The molecule has 1 aromatic carbocycles. The van der Waals surface area contributed by atoms with Crippen LogP contribution in [-0.4, -0.2) is 0 Å². The second-order valence-corrected chi connectivity index (χ2v) is 4.32. The van der Waals surface area contributed by atoms with Crippen molar-refractivity contribution in [2.75, 3.05) is 0 Å². The van der Waals surface area contributed by atoms with Crippen LogP contribution in [0.4, 0.5) is 0 Å². The Morgan fingerprint density at radius 3 is 2.79 bits per heavy atom. The molecular weight excluding hydrogens is 198 g/mol. The zero-order chi connectivity index (χ0) is 9.76. The van der Waals surface area contributed by atoms with Gasteiger partial charge < -0.3 is 10.2 Å². The molecule has 0 spiro atoms. The largest absolute Gasteiger partial charge is 0.464 e. The summed E-state index contributed by atoms with van der Waals surface area (Å²) in [5.41, 5.74) is 7.87. The quantitative estimate of drug-likeness (QED) is 0.781. The Morgan fingerprint density at radius 2 is 2.07 bits per heavy atom. The highest BCUT2D eigenvalue weighted by Gasteiger charge is 2.42. The molecule has 0 amide bonds. The molecule has 0 aliphatic heterocycles. The lowest BCUT2D eigenvalue weighted by molar-refractivity contribution is 0.615. The van der Waals surface area contributed by atoms with Crippen LogP contribution in [-0.2, 0) is 5.54 Å². The van der Waals surface area contributed by atoms with Crippen molar-refractivity contribution in [3.8, 4) is 0 Å². The van der Waals surface area contributed by atoms with Gasteiger partial charge in [-0.1, -0.05) is 11.6 Å². The van der Waals surface area contributed by atoms with Crippen molar-refractivity contribution in [3.05, 3.63) is 35.0 Å². The first kappa shape index (κ1) is 8.33. The van der Waals surface area contributed by atoms with E-state index in [9.17, 15) is 0 Å². The summed E-state index contributed by atoms with van der Waals surface area (Å²) < 4.78 is 5.32. The lowest BCUT2D eigenvalue weighted by Gasteiger charge is -2.12. The predicted molar refractivity (Wildman–Crippen MR) is 56.3 cm³/mol. The number of hydrogen-bond acceptors (Lipinski definition) is 2. The Morgan fingerprint density at radius 1 is 1.29 bits per heavy atom. The first-order valence-electron chi connectivity index (χ1n) is 4.66. The molecule has 1 heterocycles. The number of fused-ring (bicyclic) bond motifs is 1. The summed E-state index contributed by atoms with van der Waals surface area (Å²) in [6.07, 6.45) is 3.70. The Balaban J connectivity index is 2.38. The van der Waals surface area contributed by atoms with Crippen molar-refractivity contribution in [2.24, 2.45) is 5.73 Å². The van der Waals surface area contributed by atoms with Crippen LogP contribution in [0.3, 0.4) is 0 Å². The maximum absolute atomic E-state index is 6.17. The van der Waals surface area contributed by atoms with E-state index < -0.39 is 0 Å². The van der Waals surface area contributed by atoms with Crippen LogP contribution in [0.2, 0.25) is 5.02 Å². The van der Waals surface area contributed by atoms with Gasteiger partial charge in [-0.3, -0.25) is 0 Å². The Kier molecular flexibility index (Phi) is 1.50. The van der Waals surface area contributed by atoms with Gasteiger partial charge in [0.1, 0.15) is 5.58 Å². The first-order chi connectivity index (χ1) is 6.71. The summed E-state index contributed by atoms with van der Waals surface area (Å²) in [5, 5.41) is 1.80. The molecule has 0 saturated heterocycles. The van der Waals surface area contributed by atoms with Crippen LogP contribution < -0.4 is 5.73 Å². The van der Waals surface area contributed by atoms with Crippen molar-refractivity contribution < 1.29 is 4.42 Å². The highest BCUT2D eigenvalue weighted by molar-refractivity contribution is 6.32. The van der Waals surface area contributed by atoms with Gasteiger partial charge in [0.15, 0.2) is 0 Å². The molecule has 72 valence electrons. The van der Waals surface area contributed by atoms with Crippen molar-refractivity contribution in [2.45, 2.75) is 18.4 Å². The lowest BCUT2D eigenvalue weighted by Crippen LogP contribution is -2.19. The molecular formula is C11H10ClNO. The molecule has 1 aliphatic rings. The minimum atomic E-state index is -0.208. The van der Waals surface area contributed by atoms with Crippen LogP contribution in [0.1, 0.15) is 18.4 Å². The molecule has 2 nitrogen and oxygen atoms in total. The molecule has 0 bridgehead atoms. The van der Waals surface area contributed by atoms with E-state index >= 15 is 0 Å². The smallest absolute Gasteiger partial charge is 0.134 e. The third-order valence-corrected chi connectivity index (χ3v) is 3.19. The molecule has 0 atom stereocenters. The van der Waals surface area contributed by atoms with Crippen LogP contribution in [0, 0.1) is 0 Å². The van der Waals surface area contributed by atoms with Crippen molar-refractivity contribution >= 4 is 22.6 Å². The maximum Gasteiger partial charge on any atom is 0.134 e. The topological polar surface area (TPSA) is 39.2 Å². The standard InChI is InChI=1S/C11H10ClNO/c12-8-1-2-9-7(3-6-14-9)10(8)11(13)4-5-11/h1-3,6H,4-5,13H2. The number of hydrogen-bond donors (Lipinski definition) is 1.